The fourth-order valence-corrected chi connectivity index (χ4v) is 1.77. The molecule has 0 N–H and O–H groups in total. The molecule has 1 heterocycles. The molecule has 0 aliphatic heterocycles. The first-order valence-corrected chi connectivity index (χ1v) is 5.70. The molecule has 0 unspecified atom stereocenters. The highest BCUT2D eigenvalue weighted by Gasteiger charge is 2.12. The standard InChI is InChI=1S/C10H16ClF2N3/c1-15-9(2-5-14-15)3-6-16(7-4-11)8-10(12)13/h2,5,10H,3-4,6-8H2,1H3. The lowest BCUT2D eigenvalue weighted by molar-refractivity contribution is 0.0915. The Morgan fingerprint density at radius 1 is 1.50 bits per heavy atom. The van der Waals surface area contributed by atoms with Gasteiger partial charge < -0.3 is 0 Å². The van der Waals surface area contributed by atoms with Crippen molar-refractivity contribution in [1.82, 2.24) is 14.7 Å². The molecule has 1 rings (SSSR count). The Morgan fingerprint density at radius 2 is 2.25 bits per heavy atom. The van der Waals surface area contributed by atoms with Crippen molar-refractivity contribution >= 4 is 11.6 Å². The van der Waals surface area contributed by atoms with Gasteiger partial charge in [0.15, 0.2) is 0 Å². The number of nitrogens with zero attached hydrogens (tertiary/aromatic N) is 3. The lowest BCUT2D eigenvalue weighted by Gasteiger charge is -2.20. The number of aromatic nitrogens is 2. The van der Waals surface area contributed by atoms with E-state index in [9.17, 15) is 8.78 Å². The lowest BCUT2D eigenvalue weighted by Crippen LogP contribution is -2.33. The van der Waals surface area contributed by atoms with Crippen LogP contribution in [-0.2, 0) is 13.5 Å². The summed E-state index contributed by atoms with van der Waals surface area (Å²) in [5.41, 5.74) is 1.04. The van der Waals surface area contributed by atoms with Crippen LogP contribution in [-0.4, -0.2) is 46.6 Å². The topological polar surface area (TPSA) is 21.1 Å². The second-order valence-corrected chi connectivity index (χ2v) is 3.95. The molecule has 0 aromatic carbocycles. The van der Waals surface area contributed by atoms with E-state index >= 15 is 0 Å². The van der Waals surface area contributed by atoms with Gasteiger partial charge in [0.1, 0.15) is 0 Å². The van der Waals surface area contributed by atoms with E-state index < -0.39 is 6.43 Å². The third-order valence-corrected chi connectivity index (χ3v) is 2.57. The quantitative estimate of drug-likeness (QED) is 0.689. The van der Waals surface area contributed by atoms with Crippen molar-refractivity contribution in [2.75, 3.05) is 25.5 Å². The molecule has 0 bridgehead atoms. The smallest absolute Gasteiger partial charge is 0.251 e. The van der Waals surface area contributed by atoms with Gasteiger partial charge in [0.25, 0.3) is 6.43 Å². The number of rotatable bonds is 7. The van der Waals surface area contributed by atoms with E-state index in [4.69, 9.17) is 11.6 Å². The highest BCUT2D eigenvalue weighted by molar-refractivity contribution is 6.18. The number of aryl methyl sites for hydroxylation is 1. The largest absolute Gasteiger partial charge is 0.296 e. The van der Waals surface area contributed by atoms with Gasteiger partial charge in [0.2, 0.25) is 0 Å². The van der Waals surface area contributed by atoms with Gasteiger partial charge in [-0.15, -0.1) is 11.6 Å². The Bertz CT molecular complexity index is 304. The van der Waals surface area contributed by atoms with Crippen molar-refractivity contribution in [1.29, 1.82) is 0 Å². The lowest BCUT2D eigenvalue weighted by atomic mass is 10.3. The fraction of sp³-hybridized carbons (Fsp3) is 0.700. The third-order valence-electron chi connectivity index (χ3n) is 2.40. The molecule has 6 heteroatoms. The summed E-state index contributed by atoms with van der Waals surface area (Å²) in [4.78, 5) is 1.67. The summed E-state index contributed by atoms with van der Waals surface area (Å²) in [5.74, 6) is 0.373. The van der Waals surface area contributed by atoms with E-state index in [1.165, 1.54) is 0 Å². The van der Waals surface area contributed by atoms with Gasteiger partial charge in [-0.25, -0.2) is 8.78 Å². The summed E-state index contributed by atoms with van der Waals surface area (Å²) in [6, 6.07) is 1.89. The third kappa shape index (κ3) is 4.45. The van der Waals surface area contributed by atoms with Crippen LogP contribution in [0.2, 0.25) is 0 Å². The Hall–Kier alpha value is -0.680. The van der Waals surface area contributed by atoms with Crippen LogP contribution >= 0.6 is 11.6 Å². The minimum atomic E-state index is -2.31. The van der Waals surface area contributed by atoms with Crippen molar-refractivity contribution in [2.45, 2.75) is 12.8 Å². The summed E-state index contributed by atoms with van der Waals surface area (Å²) < 4.78 is 26.3. The molecule has 3 nitrogen and oxygen atoms in total. The summed E-state index contributed by atoms with van der Waals surface area (Å²) in [7, 11) is 1.84. The zero-order valence-corrected chi connectivity index (χ0v) is 10.00. The van der Waals surface area contributed by atoms with Crippen molar-refractivity contribution in [3.05, 3.63) is 18.0 Å². The molecule has 0 saturated heterocycles. The predicted octanol–water partition coefficient (Wildman–Crippen LogP) is 1.77. The Kier molecular flexibility index (Phi) is 5.69. The van der Waals surface area contributed by atoms with E-state index in [1.807, 2.05) is 13.1 Å². The second-order valence-electron chi connectivity index (χ2n) is 3.58. The van der Waals surface area contributed by atoms with Gasteiger partial charge in [-0.05, 0) is 6.07 Å². The molecule has 0 saturated carbocycles. The van der Waals surface area contributed by atoms with Crippen molar-refractivity contribution in [3.8, 4) is 0 Å². The number of hydrogen-bond acceptors (Lipinski definition) is 2. The summed E-state index contributed by atoms with van der Waals surface area (Å²) in [6.07, 6.45) is 0.101. The van der Waals surface area contributed by atoms with Crippen molar-refractivity contribution in [3.63, 3.8) is 0 Å². The molecular weight excluding hydrogens is 236 g/mol. The van der Waals surface area contributed by atoms with Gasteiger partial charge in [0.05, 0.1) is 6.54 Å². The number of halogens is 3. The first kappa shape index (κ1) is 13.4. The van der Waals surface area contributed by atoms with E-state index in [1.54, 1.807) is 15.8 Å². The molecule has 0 amide bonds. The monoisotopic (exact) mass is 251 g/mol. The van der Waals surface area contributed by atoms with Crippen LogP contribution in [0, 0.1) is 0 Å². The number of hydrogen-bond donors (Lipinski definition) is 0. The molecule has 1 aromatic rings. The van der Waals surface area contributed by atoms with Crippen LogP contribution in [0.3, 0.4) is 0 Å². The SMILES string of the molecule is Cn1nccc1CCN(CCCl)CC(F)F. The molecule has 0 spiro atoms. The minimum absolute atomic E-state index is 0.218. The highest BCUT2D eigenvalue weighted by atomic mass is 35.5. The molecule has 0 radical (unpaired) electrons. The maximum absolute atomic E-state index is 12.3. The summed E-state index contributed by atoms with van der Waals surface area (Å²) in [5, 5.41) is 4.03. The molecule has 0 aliphatic rings. The average molecular weight is 252 g/mol. The van der Waals surface area contributed by atoms with Crippen LogP contribution in [0.4, 0.5) is 8.78 Å². The van der Waals surface area contributed by atoms with Gasteiger partial charge in [-0.2, -0.15) is 5.10 Å². The van der Waals surface area contributed by atoms with Crippen LogP contribution in [0.1, 0.15) is 5.69 Å². The van der Waals surface area contributed by atoms with Gasteiger partial charge in [-0.3, -0.25) is 9.58 Å². The summed E-state index contributed by atoms with van der Waals surface area (Å²) in [6.45, 7) is 0.852. The minimum Gasteiger partial charge on any atom is -0.296 e. The Balaban J connectivity index is 2.40. The van der Waals surface area contributed by atoms with E-state index in [-0.39, 0.29) is 6.54 Å². The van der Waals surface area contributed by atoms with Crippen molar-refractivity contribution < 1.29 is 8.78 Å². The van der Waals surface area contributed by atoms with Gasteiger partial charge in [0, 0.05) is 44.3 Å². The van der Waals surface area contributed by atoms with Crippen LogP contribution < -0.4 is 0 Å². The van der Waals surface area contributed by atoms with Crippen LogP contribution in [0.25, 0.3) is 0 Å². The molecule has 0 fully saturated rings. The van der Waals surface area contributed by atoms with Crippen LogP contribution in [0.15, 0.2) is 12.3 Å². The number of alkyl halides is 3. The zero-order valence-electron chi connectivity index (χ0n) is 9.24. The zero-order chi connectivity index (χ0) is 12.0. The molecule has 16 heavy (non-hydrogen) atoms. The Labute approximate surface area is 99.0 Å². The van der Waals surface area contributed by atoms with Gasteiger partial charge in [-0.1, -0.05) is 0 Å². The maximum atomic E-state index is 12.3. The predicted molar refractivity (Wildman–Crippen MR) is 60.1 cm³/mol. The first-order valence-electron chi connectivity index (χ1n) is 5.17. The van der Waals surface area contributed by atoms with Crippen LogP contribution in [0.5, 0.6) is 0 Å². The van der Waals surface area contributed by atoms with Crippen molar-refractivity contribution in [2.24, 2.45) is 7.05 Å². The van der Waals surface area contributed by atoms with E-state index in [0.717, 1.165) is 5.69 Å². The summed E-state index contributed by atoms with van der Waals surface area (Å²) >= 11 is 5.57. The normalized spacial score (nSPS) is 11.6. The second kappa shape index (κ2) is 6.81. The Morgan fingerprint density at radius 3 is 2.75 bits per heavy atom. The van der Waals surface area contributed by atoms with E-state index in [0.29, 0.717) is 25.4 Å². The molecule has 92 valence electrons. The fourth-order valence-electron chi connectivity index (χ4n) is 1.53. The molecule has 0 aliphatic carbocycles. The van der Waals surface area contributed by atoms with E-state index in [2.05, 4.69) is 5.10 Å². The molecular formula is C10H16ClF2N3. The average Bonchev–Trinajstić information content (AvgIpc) is 2.60. The maximum Gasteiger partial charge on any atom is 0.251 e. The molecule has 0 atom stereocenters. The molecule has 1 aromatic heterocycles. The van der Waals surface area contributed by atoms with Gasteiger partial charge >= 0.3 is 0 Å². The highest BCUT2D eigenvalue weighted by Crippen LogP contribution is 2.03. The first-order chi connectivity index (χ1) is 7.63.